The van der Waals surface area contributed by atoms with E-state index < -0.39 is 5.82 Å². The molecule has 1 amide bonds. The molecule has 1 aliphatic heterocycles. The van der Waals surface area contributed by atoms with Crippen LogP contribution < -0.4 is 20.7 Å². The van der Waals surface area contributed by atoms with E-state index in [1.807, 2.05) is 0 Å². The van der Waals surface area contributed by atoms with E-state index in [1.165, 1.54) is 25.6 Å². The van der Waals surface area contributed by atoms with Crippen LogP contribution in [0.1, 0.15) is 12.8 Å². The van der Waals surface area contributed by atoms with Gasteiger partial charge in [0.25, 0.3) is 0 Å². The van der Waals surface area contributed by atoms with Crippen molar-refractivity contribution in [1.29, 1.82) is 0 Å². The number of nitrogens with one attached hydrogen (secondary N) is 3. The number of halogens is 2. The molecule has 1 atom stereocenters. The maximum absolute atomic E-state index is 13.4. The predicted molar refractivity (Wildman–Crippen MR) is 110 cm³/mol. The number of carbonyl (C=O) groups is 1. The van der Waals surface area contributed by atoms with E-state index in [9.17, 15) is 9.18 Å². The molecule has 1 aliphatic rings. The highest BCUT2D eigenvalue weighted by Gasteiger charge is 2.23. The minimum atomic E-state index is -0.497. The standard InChI is InChI=1S/C20H19ClFN5O2/c1-29-18-8-12-16(9-17(18)27-20(28)15-3-2-6-23-15)24-10-25-19(12)26-11-4-5-14(22)13(21)7-11/h4-5,7-10,15,23H,2-3,6H2,1H3,(H,27,28)(H,24,25,26). The van der Waals surface area contributed by atoms with Crippen LogP contribution in [0.5, 0.6) is 5.75 Å². The van der Waals surface area contributed by atoms with Gasteiger partial charge in [0.15, 0.2) is 0 Å². The second-order valence-electron chi connectivity index (χ2n) is 6.68. The summed E-state index contributed by atoms with van der Waals surface area (Å²) in [6.45, 7) is 0.836. The molecule has 4 rings (SSSR count). The first-order valence-corrected chi connectivity index (χ1v) is 9.52. The molecule has 7 nitrogen and oxygen atoms in total. The molecule has 0 bridgehead atoms. The minimum Gasteiger partial charge on any atom is -0.495 e. The fraction of sp³-hybridized carbons (Fsp3) is 0.250. The van der Waals surface area contributed by atoms with Crippen LogP contribution in [0.15, 0.2) is 36.7 Å². The van der Waals surface area contributed by atoms with Crippen LogP contribution in [0.3, 0.4) is 0 Å². The smallest absolute Gasteiger partial charge is 0.241 e. The van der Waals surface area contributed by atoms with Crippen molar-refractivity contribution in [2.45, 2.75) is 18.9 Å². The highest BCUT2D eigenvalue weighted by Crippen LogP contribution is 2.33. The van der Waals surface area contributed by atoms with E-state index in [4.69, 9.17) is 16.3 Å². The number of amides is 1. The molecule has 0 spiro atoms. The lowest BCUT2D eigenvalue weighted by Gasteiger charge is -2.16. The van der Waals surface area contributed by atoms with Crippen LogP contribution in [0.4, 0.5) is 21.6 Å². The summed E-state index contributed by atoms with van der Waals surface area (Å²) in [6, 6.07) is 7.60. The highest BCUT2D eigenvalue weighted by atomic mass is 35.5. The first-order valence-electron chi connectivity index (χ1n) is 9.14. The van der Waals surface area contributed by atoms with Gasteiger partial charge in [-0.05, 0) is 49.7 Å². The molecular weight excluding hydrogens is 397 g/mol. The number of aromatic nitrogens is 2. The van der Waals surface area contributed by atoms with Crippen molar-refractivity contribution in [3.05, 3.63) is 47.5 Å². The summed E-state index contributed by atoms with van der Waals surface area (Å²) in [5, 5.41) is 9.89. The van der Waals surface area contributed by atoms with Gasteiger partial charge in [0.05, 0.1) is 29.4 Å². The number of anilines is 3. The molecule has 3 N–H and O–H groups in total. The lowest BCUT2D eigenvalue weighted by atomic mass is 10.1. The van der Waals surface area contributed by atoms with E-state index in [0.717, 1.165) is 19.4 Å². The molecular formula is C20H19ClFN5O2. The Labute approximate surface area is 171 Å². The highest BCUT2D eigenvalue weighted by molar-refractivity contribution is 6.31. The Hall–Kier alpha value is -2.97. The molecule has 1 fully saturated rings. The number of hydrogen-bond donors (Lipinski definition) is 3. The average molecular weight is 416 g/mol. The van der Waals surface area contributed by atoms with Gasteiger partial charge in [-0.2, -0.15) is 0 Å². The third-order valence-electron chi connectivity index (χ3n) is 4.77. The van der Waals surface area contributed by atoms with Crippen LogP contribution in [0.25, 0.3) is 10.9 Å². The zero-order chi connectivity index (χ0) is 20.4. The number of ether oxygens (including phenoxy) is 1. The lowest BCUT2D eigenvalue weighted by Crippen LogP contribution is -2.35. The van der Waals surface area contributed by atoms with Gasteiger partial charge in [0, 0.05) is 11.1 Å². The van der Waals surface area contributed by atoms with E-state index >= 15 is 0 Å². The molecule has 2 heterocycles. The molecule has 0 aliphatic carbocycles. The van der Waals surface area contributed by atoms with Crippen molar-refractivity contribution in [1.82, 2.24) is 15.3 Å². The Bertz CT molecular complexity index is 1070. The number of rotatable bonds is 5. The number of nitrogens with zero attached hydrogens (tertiary/aromatic N) is 2. The predicted octanol–water partition coefficient (Wildman–Crippen LogP) is 3.87. The summed E-state index contributed by atoms with van der Waals surface area (Å²) in [7, 11) is 1.53. The van der Waals surface area contributed by atoms with Crippen molar-refractivity contribution in [2.75, 3.05) is 24.3 Å². The molecule has 1 unspecified atom stereocenters. The van der Waals surface area contributed by atoms with Crippen molar-refractivity contribution in [2.24, 2.45) is 0 Å². The van der Waals surface area contributed by atoms with Gasteiger partial charge >= 0.3 is 0 Å². The molecule has 0 radical (unpaired) electrons. The lowest BCUT2D eigenvalue weighted by molar-refractivity contribution is -0.117. The molecule has 3 aromatic rings. The van der Waals surface area contributed by atoms with Crippen LogP contribution in [-0.2, 0) is 4.79 Å². The zero-order valence-corrected chi connectivity index (χ0v) is 16.4. The maximum atomic E-state index is 13.4. The first kappa shape index (κ1) is 19.4. The topological polar surface area (TPSA) is 88.2 Å². The second-order valence-corrected chi connectivity index (χ2v) is 7.09. The third-order valence-corrected chi connectivity index (χ3v) is 5.06. The van der Waals surface area contributed by atoms with Crippen molar-refractivity contribution in [3.63, 3.8) is 0 Å². The van der Waals surface area contributed by atoms with Gasteiger partial charge in [-0.3, -0.25) is 4.79 Å². The fourth-order valence-electron chi connectivity index (χ4n) is 3.29. The van der Waals surface area contributed by atoms with Crippen molar-refractivity contribution >= 4 is 45.6 Å². The summed E-state index contributed by atoms with van der Waals surface area (Å²) in [5.74, 6) is 0.391. The number of carbonyl (C=O) groups excluding carboxylic acids is 1. The van der Waals surface area contributed by atoms with Gasteiger partial charge in [-0.15, -0.1) is 0 Å². The SMILES string of the molecule is COc1cc2c(Nc3ccc(F)c(Cl)c3)ncnc2cc1NC(=O)C1CCCN1. The number of methoxy groups -OCH3 is 1. The van der Waals surface area contributed by atoms with Crippen LogP contribution in [-0.4, -0.2) is 35.6 Å². The Morgan fingerprint density at radius 2 is 2.17 bits per heavy atom. The third kappa shape index (κ3) is 4.08. The molecule has 29 heavy (non-hydrogen) atoms. The van der Waals surface area contributed by atoms with Crippen LogP contribution in [0, 0.1) is 5.82 Å². The quantitative estimate of drug-likeness (QED) is 0.586. The Balaban J connectivity index is 1.67. The summed E-state index contributed by atoms with van der Waals surface area (Å²) in [5.41, 5.74) is 1.74. The van der Waals surface area contributed by atoms with Gasteiger partial charge in [0.2, 0.25) is 5.91 Å². The fourth-order valence-corrected chi connectivity index (χ4v) is 3.47. The van der Waals surface area contributed by atoms with Gasteiger partial charge in [-0.25, -0.2) is 14.4 Å². The molecule has 0 saturated carbocycles. The summed E-state index contributed by atoms with van der Waals surface area (Å²) in [6.07, 6.45) is 3.19. The average Bonchev–Trinajstić information content (AvgIpc) is 3.25. The molecule has 9 heteroatoms. The van der Waals surface area contributed by atoms with E-state index in [-0.39, 0.29) is 17.0 Å². The zero-order valence-electron chi connectivity index (χ0n) is 15.6. The van der Waals surface area contributed by atoms with E-state index in [0.29, 0.717) is 33.8 Å². The van der Waals surface area contributed by atoms with E-state index in [2.05, 4.69) is 25.9 Å². The maximum Gasteiger partial charge on any atom is 0.241 e. The Morgan fingerprint density at radius 3 is 2.90 bits per heavy atom. The normalized spacial score (nSPS) is 16.0. The Morgan fingerprint density at radius 1 is 1.31 bits per heavy atom. The number of benzene rings is 2. The Kier molecular flexibility index (Phi) is 5.46. The first-order chi connectivity index (χ1) is 14.0. The largest absolute Gasteiger partial charge is 0.495 e. The second kappa shape index (κ2) is 8.18. The van der Waals surface area contributed by atoms with Gasteiger partial charge < -0.3 is 20.7 Å². The summed E-state index contributed by atoms with van der Waals surface area (Å²) < 4.78 is 18.9. The van der Waals surface area contributed by atoms with Crippen molar-refractivity contribution in [3.8, 4) is 5.75 Å². The van der Waals surface area contributed by atoms with Crippen molar-refractivity contribution < 1.29 is 13.9 Å². The van der Waals surface area contributed by atoms with Crippen LogP contribution in [0.2, 0.25) is 5.02 Å². The molecule has 2 aromatic carbocycles. The summed E-state index contributed by atoms with van der Waals surface area (Å²) >= 11 is 5.86. The molecule has 150 valence electrons. The monoisotopic (exact) mass is 415 g/mol. The van der Waals surface area contributed by atoms with Gasteiger partial charge in [0.1, 0.15) is 23.7 Å². The number of fused-ring (bicyclic) bond motifs is 1. The number of hydrogen-bond acceptors (Lipinski definition) is 6. The molecule has 1 aromatic heterocycles. The van der Waals surface area contributed by atoms with E-state index in [1.54, 1.807) is 18.2 Å². The molecule has 1 saturated heterocycles. The minimum absolute atomic E-state index is 0.0106. The van der Waals surface area contributed by atoms with Crippen LogP contribution >= 0.6 is 11.6 Å². The summed E-state index contributed by atoms with van der Waals surface area (Å²) in [4.78, 5) is 21.0. The van der Waals surface area contributed by atoms with Gasteiger partial charge in [-0.1, -0.05) is 11.6 Å².